The Morgan fingerprint density at radius 2 is 2.00 bits per heavy atom. The van der Waals surface area contributed by atoms with Gasteiger partial charge < -0.3 is 0 Å². The van der Waals surface area contributed by atoms with E-state index in [1.807, 2.05) is 0 Å². The van der Waals surface area contributed by atoms with Gasteiger partial charge >= 0.3 is 0 Å². The number of hydrogen-bond acceptors (Lipinski definition) is 2. The van der Waals surface area contributed by atoms with E-state index >= 15 is 0 Å². The van der Waals surface area contributed by atoms with E-state index < -0.39 is 0 Å². The molecule has 0 unspecified atom stereocenters. The largest absolute Gasteiger partial charge is 0.246 e. The molecule has 102 valence electrons. The summed E-state index contributed by atoms with van der Waals surface area (Å²) in [6.07, 6.45) is 8.76. The molecular weight excluding hydrogens is 246 g/mol. The molecule has 0 bridgehead atoms. The van der Waals surface area contributed by atoms with Crippen LogP contribution < -0.4 is 0 Å². The topological polar surface area (TPSA) is 30.7 Å². The van der Waals surface area contributed by atoms with Crippen LogP contribution in [0.3, 0.4) is 0 Å². The summed E-state index contributed by atoms with van der Waals surface area (Å²) in [4.78, 5) is 0. The highest BCUT2D eigenvalue weighted by Crippen LogP contribution is 2.29. The highest BCUT2D eigenvalue weighted by molar-refractivity contribution is 6.16. The lowest BCUT2D eigenvalue weighted by Gasteiger charge is -2.23. The zero-order valence-corrected chi connectivity index (χ0v) is 12.3. The van der Waals surface area contributed by atoms with Gasteiger partial charge in [0.05, 0.1) is 17.6 Å². The van der Waals surface area contributed by atoms with E-state index in [4.69, 9.17) is 11.6 Å². The summed E-state index contributed by atoms with van der Waals surface area (Å²) < 4.78 is 2.18. The maximum absolute atomic E-state index is 5.98. The van der Waals surface area contributed by atoms with Gasteiger partial charge in [-0.15, -0.1) is 16.7 Å². The van der Waals surface area contributed by atoms with Gasteiger partial charge in [-0.25, -0.2) is 4.68 Å². The lowest BCUT2D eigenvalue weighted by molar-refractivity contribution is 0.315. The van der Waals surface area contributed by atoms with Crippen LogP contribution in [-0.4, -0.2) is 15.0 Å². The van der Waals surface area contributed by atoms with Crippen molar-refractivity contribution >= 4 is 11.6 Å². The molecule has 3 nitrogen and oxygen atoms in total. The maximum atomic E-state index is 5.98. The van der Waals surface area contributed by atoms with E-state index in [1.54, 1.807) is 0 Å². The summed E-state index contributed by atoms with van der Waals surface area (Å²) >= 11 is 5.98. The van der Waals surface area contributed by atoms with E-state index in [0.29, 0.717) is 17.8 Å². The molecule has 1 aromatic heterocycles. The third kappa shape index (κ3) is 3.25. The quantitative estimate of drug-likeness (QED) is 0.753. The van der Waals surface area contributed by atoms with Crippen LogP contribution in [0.1, 0.15) is 69.8 Å². The van der Waals surface area contributed by atoms with Crippen molar-refractivity contribution in [1.82, 2.24) is 15.0 Å². The fourth-order valence-electron chi connectivity index (χ4n) is 2.75. The number of hydrogen-bond donors (Lipinski definition) is 0. The van der Waals surface area contributed by atoms with E-state index in [9.17, 15) is 0 Å². The van der Waals surface area contributed by atoms with Gasteiger partial charge in [-0.05, 0) is 31.6 Å². The van der Waals surface area contributed by atoms with Crippen LogP contribution >= 0.6 is 11.6 Å². The second-order valence-electron chi connectivity index (χ2n) is 5.79. The Morgan fingerprint density at radius 3 is 2.61 bits per heavy atom. The van der Waals surface area contributed by atoms with Crippen molar-refractivity contribution < 1.29 is 0 Å². The van der Waals surface area contributed by atoms with Gasteiger partial charge in [0, 0.05) is 0 Å². The Balaban J connectivity index is 2.14. The third-order valence-corrected chi connectivity index (χ3v) is 4.13. The predicted molar refractivity (Wildman–Crippen MR) is 74.9 cm³/mol. The molecule has 0 N–H and O–H groups in total. The van der Waals surface area contributed by atoms with Gasteiger partial charge in [-0.2, -0.15) is 0 Å². The van der Waals surface area contributed by atoms with Crippen LogP contribution in [-0.2, 0) is 12.3 Å². The molecule has 2 rings (SSSR count). The molecule has 1 aliphatic carbocycles. The first kappa shape index (κ1) is 13.9. The molecule has 1 heterocycles. The fourth-order valence-corrected chi connectivity index (χ4v) is 2.96. The fraction of sp³-hybridized carbons (Fsp3) is 0.857. The van der Waals surface area contributed by atoms with E-state index in [-0.39, 0.29) is 0 Å². The number of nitrogens with zero attached hydrogens (tertiary/aromatic N) is 3. The average Bonchev–Trinajstić information content (AvgIpc) is 2.80. The highest BCUT2D eigenvalue weighted by Gasteiger charge is 2.21. The Labute approximate surface area is 115 Å². The minimum absolute atomic E-state index is 0.486. The Kier molecular flexibility index (Phi) is 5.04. The first-order valence-electron chi connectivity index (χ1n) is 7.21. The number of rotatable bonds is 5. The molecule has 1 aliphatic rings. The van der Waals surface area contributed by atoms with Gasteiger partial charge in [-0.1, -0.05) is 38.3 Å². The van der Waals surface area contributed by atoms with E-state index in [1.165, 1.54) is 44.2 Å². The zero-order valence-electron chi connectivity index (χ0n) is 11.5. The lowest BCUT2D eigenvalue weighted by atomic mass is 9.95. The second-order valence-corrected chi connectivity index (χ2v) is 6.05. The van der Waals surface area contributed by atoms with Crippen molar-refractivity contribution in [1.29, 1.82) is 0 Å². The SMILES string of the molecule is CC(C)CCc1c(CCl)nnn1C1CCCCC1. The molecule has 4 heteroatoms. The summed E-state index contributed by atoms with van der Waals surface area (Å²) in [5.74, 6) is 1.20. The molecule has 0 aromatic carbocycles. The molecule has 0 spiro atoms. The van der Waals surface area contributed by atoms with Crippen molar-refractivity contribution in [2.24, 2.45) is 5.92 Å². The van der Waals surface area contributed by atoms with E-state index in [2.05, 4.69) is 28.8 Å². The molecule has 0 radical (unpaired) electrons. The van der Waals surface area contributed by atoms with Crippen LogP contribution in [0.15, 0.2) is 0 Å². The monoisotopic (exact) mass is 269 g/mol. The summed E-state index contributed by atoms with van der Waals surface area (Å²) in [5, 5.41) is 8.64. The summed E-state index contributed by atoms with van der Waals surface area (Å²) in [5.41, 5.74) is 2.27. The minimum Gasteiger partial charge on any atom is -0.246 e. The van der Waals surface area contributed by atoms with Crippen molar-refractivity contribution in [3.8, 4) is 0 Å². The maximum Gasteiger partial charge on any atom is 0.101 e. The van der Waals surface area contributed by atoms with Crippen molar-refractivity contribution in [2.75, 3.05) is 0 Å². The summed E-state index contributed by atoms with van der Waals surface area (Å²) in [6, 6.07) is 0.561. The van der Waals surface area contributed by atoms with Gasteiger partial charge in [0.25, 0.3) is 0 Å². The Morgan fingerprint density at radius 1 is 1.28 bits per heavy atom. The molecule has 1 saturated carbocycles. The third-order valence-electron chi connectivity index (χ3n) is 3.88. The van der Waals surface area contributed by atoms with Crippen molar-refractivity contribution in [3.63, 3.8) is 0 Å². The highest BCUT2D eigenvalue weighted by atomic mass is 35.5. The molecule has 0 amide bonds. The number of aromatic nitrogens is 3. The molecular formula is C14H24ClN3. The Hall–Kier alpha value is -0.570. The molecule has 18 heavy (non-hydrogen) atoms. The van der Waals surface area contributed by atoms with Crippen molar-refractivity contribution in [3.05, 3.63) is 11.4 Å². The van der Waals surface area contributed by atoms with Crippen LogP contribution in [0.4, 0.5) is 0 Å². The van der Waals surface area contributed by atoms with Crippen LogP contribution in [0.25, 0.3) is 0 Å². The first-order valence-corrected chi connectivity index (χ1v) is 7.74. The summed E-state index contributed by atoms with van der Waals surface area (Å²) in [6.45, 7) is 4.52. The Bertz CT molecular complexity index is 367. The predicted octanol–water partition coefficient (Wildman–Crippen LogP) is 4.11. The van der Waals surface area contributed by atoms with Gasteiger partial charge in [-0.3, -0.25) is 0 Å². The zero-order chi connectivity index (χ0) is 13.0. The normalized spacial score (nSPS) is 17.6. The molecule has 0 atom stereocenters. The minimum atomic E-state index is 0.486. The first-order chi connectivity index (χ1) is 8.72. The van der Waals surface area contributed by atoms with Crippen molar-refractivity contribution in [2.45, 2.75) is 70.7 Å². The second kappa shape index (κ2) is 6.55. The van der Waals surface area contributed by atoms with Crippen LogP contribution in [0.5, 0.6) is 0 Å². The molecule has 1 aromatic rings. The van der Waals surface area contributed by atoms with Gasteiger partial charge in [0.1, 0.15) is 5.69 Å². The van der Waals surface area contributed by atoms with Gasteiger partial charge in [0.15, 0.2) is 0 Å². The van der Waals surface area contributed by atoms with Gasteiger partial charge in [0.2, 0.25) is 0 Å². The number of alkyl halides is 1. The van der Waals surface area contributed by atoms with Crippen LogP contribution in [0, 0.1) is 5.92 Å². The summed E-state index contributed by atoms with van der Waals surface area (Å²) in [7, 11) is 0. The average molecular weight is 270 g/mol. The molecule has 1 fully saturated rings. The molecule has 0 saturated heterocycles. The lowest BCUT2D eigenvalue weighted by Crippen LogP contribution is -2.17. The van der Waals surface area contributed by atoms with Crippen LogP contribution in [0.2, 0.25) is 0 Å². The smallest absolute Gasteiger partial charge is 0.101 e. The standard InChI is InChI=1S/C14H24ClN3/c1-11(2)8-9-14-13(10-15)16-17-18(14)12-6-4-3-5-7-12/h11-12H,3-10H2,1-2H3. The molecule has 0 aliphatic heterocycles. The number of halogens is 1. The van der Waals surface area contributed by atoms with E-state index in [0.717, 1.165) is 12.1 Å².